The van der Waals surface area contributed by atoms with Crippen molar-refractivity contribution in [1.82, 2.24) is 38.5 Å². The number of methoxy groups -OCH3 is 15. The molecule has 58 heteroatoms. The number of esters is 4. The summed E-state index contributed by atoms with van der Waals surface area (Å²) in [6.07, 6.45) is 2.17. The largest absolute Gasteiger partial charge is 0.507 e. The first-order valence-corrected chi connectivity index (χ1v) is 38.1. The number of nitrogens with zero attached hydrogens (tertiary/aromatic N) is 4. The van der Waals surface area contributed by atoms with Crippen LogP contribution in [0.3, 0.4) is 0 Å². The van der Waals surface area contributed by atoms with E-state index in [-0.39, 0.29) is 22.6 Å². The average Bonchev–Trinajstić information content (AvgIpc) is 0.954. The summed E-state index contributed by atoms with van der Waals surface area (Å²) in [4.78, 5) is 92.3. The minimum Gasteiger partial charge on any atom is -0.491 e. The molecule has 666 valence electrons. The molecule has 2 unspecified atom stereocenters. The van der Waals surface area contributed by atoms with Crippen LogP contribution >= 0.6 is 84.6 Å². The number of carbonyl (C=O) groups is 9. The van der Waals surface area contributed by atoms with Crippen molar-refractivity contribution in [2.24, 2.45) is 0 Å². The minimum absolute atomic E-state index is 0.176. The van der Waals surface area contributed by atoms with Crippen molar-refractivity contribution in [1.29, 1.82) is 0 Å². The number of ketones is 1. The first-order chi connectivity index (χ1) is 50.4. The molecule has 4 N–H and O–H groups in total. The predicted octanol–water partition coefficient (Wildman–Crippen LogP) is 1.77. The molecule has 0 saturated carbocycles. The molecule has 0 aliphatic rings. The lowest BCUT2D eigenvalue weighted by molar-refractivity contribution is -0.164. The Morgan fingerprint density at radius 2 is 0.800 bits per heavy atom. The highest BCUT2D eigenvalue weighted by atomic mass is 32.3. The predicted molar refractivity (Wildman–Crippen MR) is 435 cm³/mol. The lowest BCUT2D eigenvalue weighted by atomic mass is 10.5. The second kappa shape index (κ2) is 109. The van der Waals surface area contributed by atoms with Gasteiger partial charge in [0.1, 0.15) is 0 Å². The fraction of sp³-hybridized carbons (Fsp3) is 0.731. The molecule has 0 aromatic heterocycles. The third-order valence-electron chi connectivity index (χ3n) is 7.07. The molecule has 110 heavy (non-hydrogen) atoms. The number of hydrogen-bond donors (Lipinski definition) is 4. The second-order valence-electron chi connectivity index (χ2n) is 15.0. The Bertz CT molecular complexity index is 2400. The maximum atomic E-state index is 10.4. The zero-order valence-electron chi connectivity index (χ0n) is 69.2. The van der Waals surface area contributed by atoms with Crippen molar-refractivity contribution in [2.45, 2.75) is 20.8 Å². The van der Waals surface area contributed by atoms with Crippen LogP contribution < -0.4 is 20.1 Å². The smallest absolute Gasteiger partial charge is 0.491 e. The van der Waals surface area contributed by atoms with E-state index in [0.717, 1.165) is 65.6 Å². The maximum Gasteiger partial charge on any atom is 0.507 e. The quantitative estimate of drug-likeness (QED) is 0.0991. The number of amides is 2. The van der Waals surface area contributed by atoms with Gasteiger partial charge in [-0.05, 0) is 80.2 Å². The molecular formula is C52H118N8O38S12. The van der Waals surface area contributed by atoms with E-state index in [0.29, 0.717) is 19.8 Å². The van der Waals surface area contributed by atoms with E-state index >= 15 is 0 Å². The number of alkyl carbamates (subject to hydrolysis) is 1. The maximum absolute atomic E-state index is 10.4. The standard InChI is InChI=1S/C4H9NO2.C4H9NOS.C4H6O4.C4H6O3.C3H9NO3S.C3H9NO2S.C3H7NO2.C3H7NOS.C3H6O3.2C3H6O2S.C3H6O2.C3H6OS2.C3H6OS.C2H7NO3S.C2H7NO2S.C2H6O4S/c1-5(2)4(6)7-3;1-5(2)4(7)6-3;1-7-3(5)4(6)8-2;1-3(5)4(6)7-2;1-4(2)8(5,6)7-3;1-4(2)7(5)6-3;1-4-3(5)6-2;1-4-3(6)5-2;2*1-5-3(4)6-2;1-4-3(6)5-2;1-3(4)5-2;1-4-3(5)6-2;1-3(5)4-2;1-3-7(4,5)6-2;1-3-6(4)5-2;1-5-7(3,4)6-2/h2*1-3H3;1-2H3;1-2H3;1-3H3;1-3H3;1-2H3,(H,4,5);1-2H3,(H,4,6);3*1-2H3;1-2H3;1-2H3;1-2H3;3H,1-2H3;3H,1-2H3;1-2H3. The summed E-state index contributed by atoms with van der Waals surface area (Å²) in [7, 11) is 36.1. The normalized spacial score (nSPS) is 9.16. The van der Waals surface area contributed by atoms with Gasteiger partial charge in [-0.1, -0.05) is 11.8 Å². The summed E-state index contributed by atoms with van der Waals surface area (Å²) >= 11 is 22.7. The lowest BCUT2D eigenvalue weighted by Crippen LogP contribution is -2.22. The molecule has 0 aromatic rings. The van der Waals surface area contributed by atoms with Crippen LogP contribution in [-0.4, -0.2) is 377 Å². The first kappa shape index (κ1) is 146. The van der Waals surface area contributed by atoms with Crippen LogP contribution in [0.5, 0.6) is 0 Å². The fourth-order valence-corrected chi connectivity index (χ4v) is 3.14. The van der Waals surface area contributed by atoms with E-state index in [4.69, 9.17) is 0 Å². The van der Waals surface area contributed by atoms with Crippen LogP contribution in [0, 0.1) is 0 Å². The molecule has 0 spiro atoms. The molecule has 0 aliphatic heterocycles. The summed E-state index contributed by atoms with van der Waals surface area (Å²) < 4.78 is 177. The van der Waals surface area contributed by atoms with Crippen molar-refractivity contribution < 1.29 is 173 Å². The molecule has 2 amide bonds. The number of nitrogens with one attached hydrogen (secondary N) is 4. The van der Waals surface area contributed by atoms with Crippen LogP contribution in [0.4, 0.5) is 19.2 Å². The average molecular weight is 1850 g/mol. The van der Waals surface area contributed by atoms with E-state index in [1.54, 1.807) is 81.7 Å². The molecule has 46 nitrogen and oxygen atoms in total. The molecule has 0 heterocycles. The van der Waals surface area contributed by atoms with Crippen molar-refractivity contribution in [3.63, 3.8) is 0 Å². The van der Waals surface area contributed by atoms with E-state index in [9.17, 15) is 76.8 Å². The van der Waals surface area contributed by atoms with Crippen LogP contribution in [0.2, 0.25) is 0 Å². The van der Waals surface area contributed by atoms with Crippen LogP contribution in [0.15, 0.2) is 0 Å². The number of carbonyl (C=O) groups excluding carboxylic acids is 9. The van der Waals surface area contributed by atoms with Crippen LogP contribution in [0.25, 0.3) is 0 Å². The van der Waals surface area contributed by atoms with E-state index in [1.807, 2.05) is 25.1 Å². The van der Waals surface area contributed by atoms with Gasteiger partial charge in [-0.2, -0.15) is 34.3 Å². The van der Waals surface area contributed by atoms with Gasteiger partial charge in [0.05, 0.1) is 149 Å². The van der Waals surface area contributed by atoms with Crippen molar-refractivity contribution in [3.8, 4) is 0 Å². The molecule has 0 aromatic carbocycles. The fourth-order valence-electron chi connectivity index (χ4n) is 1.75. The highest BCUT2D eigenvalue weighted by Gasteiger charge is 2.12. The second-order valence-corrected chi connectivity index (χ2v) is 26.6. The molecule has 0 fully saturated rings. The SMILES string of the molecule is CNC(=O)OC.CNC(=S)OC.CNS(=O)(=O)OC.CNS(=O)OC.COC(=O)C(=O)OC.COC(=O)C(C)=O.COC(=O)N(C)C.COC(=O)OC.COC(=O)SC.COC(=S)N(C)C.COC(=S)OC.COC(=S)SC.COC(C)=O.COC(C)=S.COS(=O)(=O)N(C)C.COS(=O)(=O)OC.COS(=O)N(C)C. The van der Waals surface area contributed by atoms with Gasteiger partial charge >= 0.3 is 83.8 Å². The third kappa shape index (κ3) is 167. The van der Waals surface area contributed by atoms with Gasteiger partial charge in [-0.15, -0.1) is 0 Å². The molecule has 0 aliphatic carbocycles. The zero-order chi connectivity index (χ0) is 92.1. The Balaban J connectivity index is -0.0000000558. The van der Waals surface area contributed by atoms with Gasteiger partial charge in [0, 0.05) is 111 Å². The first-order valence-electron chi connectivity index (χ1n) is 27.3. The Hall–Kier alpha value is -5.87. The Morgan fingerprint density at radius 3 is 0.809 bits per heavy atom. The number of Topliss-reactive ketones (excluding diaryl/α,β-unsaturated/α-hetero) is 1. The van der Waals surface area contributed by atoms with Gasteiger partial charge in [0.15, 0.2) is 5.05 Å². The van der Waals surface area contributed by atoms with Crippen molar-refractivity contribution >= 4 is 216 Å². The molecule has 0 saturated heterocycles. The zero-order valence-corrected chi connectivity index (χ0v) is 79.0. The molecule has 2 atom stereocenters. The molecule has 0 radical (unpaired) electrons. The summed E-state index contributed by atoms with van der Waals surface area (Å²) in [5.74, 6) is -3.56. The highest BCUT2D eigenvalue weighted by molar-refractivity contribution is 8.22. The van der Waals surface area contributed by atoms with Crippen LogP contribution in [0.1, 0.15) is 20.8 Å². The minimum atomic E-state index is -3.66. The summed E-state index contributed by atoms with van der Waals surface area (Å²) in [6.45, 7) is 4.25. The monoisotopic (exact) mass is 1850 g/mol. The Morgan fingerprint density at radius 1 is 0.418 bits per heavy atom. The van der Waals surface area contributed by atoms with E-state index in [2.05, 4.69) is 173 Å². The van der Waals surface area contributed by atoms with Crippen molar-refractivity contribution in [3.05, 3.63) is 0 Å². The molecular weight excluding hydrogens is 1730 g/mol. The topological polar surface area (TPSA) is 545 Å². The van der Waals surface area contributed by atoms with E-state index < -0.39 is 89.5 Å². The van der Waals surface area contributed by atoms with Crippen molar-refractivity contribution in [2.75, 3.05) is 246 Å². The Kier molecular flexibility index (Phi) is 145. The number of ether oxygens (including phenoxy) is 15. The number of hydrogen-bond acceptors (Lipinski definition) is 45. The van der Waals surface area contributed by atoms with Gasteiger partial charge in [0.2, 0.25) is 32.7 Å². The van der Waals surface area contributed by atoms with Crippen LogP contribution in [-0.2, 0) is 174 Å². The molecule has 0 bridgehead atoms. The summed E-state index contributed by atoms with van der Waals surface area (Å²) in [5.41, 5.74) is 0. The highest BCUT2D eigenvalue weighted by Crippen LogP contribution is 1.96. The number of rotatable bonds is 11. The number of thiocarbonyl (C=S) groups is 5. The Labute approximate surface area is 690 Å². The van der Waals surface area contributed by atoms with Gasteiger partial charge in [0.25, 0.3) is 10.3 Å². The summed E-state index contributed by atoms with van der Waals surface area (Å²) in [6, 6.07) is 0. The van der Waals surface area contributed by atoms with Gasteiger partial charge in [-0.25, -0.2) is 51.0 Å². The third-order valence-corrected chi connectivity index (χ3v) is 14.7. The van der Waals surface area contributed by atoms with Gasteiger partial charge < -0.3 is 91.5 Å². The summed E-state index contributed by atoms with van der Waals surface area (Å²) in [5, 5.41) is 6.34. The lowest BCUT2D eigenvalue weighted by Gasteiger charge is -2.09. The van der Waals surface area contributed by atoms with Gasteiger partial charge in [-0.3, -0.25) is 34.7 Å². The van der Waals surface area contributed by atoms with E-state index in [1.165, 1.54) is 141 Å². The number of thioether (sulfide) groups is 2. The molecule has 0 rings (SSSR count).